The van der Waals surface area contributed by atoms with E-state index in [0.717, 1.165) is 24.6 Å². The Balaban J connectivity index is 1.96. The van der Waals surface area contributed by atoms with Crippen LogP contribution in [0.4, 0.5) is 5.82 Å². The van der Waals surface area contributed by atoms with Gasteiger partial charge in [0.25, 0.3) is 0 Å². The van der Waals surface area contributed by atoms with Crippen LogP contribution in [0.3, 0.4) is 0 Å². The Morgan fingerprint density at radius 3 is 3.00 bits per heavy atom. The molecular weight excluding hydrogens is 214 g/mol. The molecule has 0 aliphatic carbocycles. The average molecular weight is 235 g/mol. The summed E-state index contributed by atoms with van der Waals surface area (Å²) in [5.74, 6) is 1.34. The number of likely N-dealkylation sites (N-methyl/N-ethyl adjacent to an activating group) is 1. The zero-order valence-corrected chi connectivity index (χ0v) is 10.4. The second kappa shape index (κ2) is 5.93. The highest BCUT2D eigenvalue weighted by atomic mass is 15.2. The number of nitrogens with zero attached hydrogens (tertiary/aromatic N) is 3. The monoisotopic (exact) mass is 235 g/mol. The van der Waals surface area contributed by atoms with Gasteiger partial charge in [0.1, 0.15) is 5.82 Å². The molecule has 1 fully saturated rings. The largest absolute Gasteiger partial charge is 0.367 e. The minimum absolute atomic E-state index is 0.532. The molecule has 1 saturated heterocycles. The first kappa shape index (κ1) is 12.3. The molecule has 1 aliphatic heterocycles. The second-order valence-corrected chi connectivity index (χ2v) is 4.66. The molecule has 17 heavy (non-hydrogen) atoms. The van der Waals surface area contributed by atoms with Crippen LogP contribution in [-0.4, -0.2) is 48.3 Å². The van der Waals surface area contributed by atoms with Gasteiger partial charge in [-0.2, -0.15) is 5.10 Å². The molecule has 0 bridgehead atoms. The van der Waals surface area contributed by atoms with Crippen molar-refractivity contribution >= 4 is 5.82 Å². The van der Waals surface area contributed by atoms with Crippen molar-refractivity contribution in [3.63, 3.8) is 0 Å². The number of hydrogen-bond acceptors (Lipinski definition) is 5. The van der Waals surface area contributed by atoms with E-state index in [2.05, 4.69) is 33.5 Å². The van der Waals surface area contributed by atoms with E-state index in [1.165, 1.54) is 19.4 Å². The molecule has 1 unspecified atom stereocenters. The summed E-state index contributed by atoms with van der Waals surface area (Å²) in [5, 5.41) is 11.6. The smallest absolute Gasteiger partial charge is 0.148 e. The number of aromatic nitrogens is 2. The highest BCUT2D eigenvalue weighted by Gasteiger charge is 2.20. The van der Waals surface area contributed by atoms with Crippen molar-refractivity contribution in [2.24, 2.45) is 5.73 Å². The fraction of sp³-hybridized carbons (Fsp3) is 0.667. The zero-order valence-electron chi connectivity index (χ0n) is 10.4. The van der Waals surface area contributed by atoms with Crippen molar-refractivity contribution in [1.29, 1.82) is 0 Å². The van der Waals surface area contributed by atoms with Crippen molar-refractivity contribution in [1.82, 2.24) is 15.1 Å². The number of likely N-dealkylation sites (tertiary alicyclic amines) is 1. The maximum atomic E-state index is 5.42. The van der Waals surface area contributed by atoms with Crippen LogP contribution in [0, 0.1) is 0 Å². The Morgan fingerprint density at radius 1 is 1.47 bits per heavy atom. The third kappa shape index (κ3) is 3.38. The van der Waals surface area contributed by atoms with Gasteiger partial charge in [0.05, 0.1) is 5.69 Å². The third-order valence-electron chi connectivity index (χ3n) is 3.18. The maximum Gasteiger partial charge on any atom is 0.148 e. The predicted molar refractivity (Wildman–Crippen MR) is 69.0 cm³/mol. The summed E-state index contributed by atoms with van der Waals surface area (Å²) in [5.41, 5.74) is 6.53. The summed E-state index contributed by atoms with van der Waals surface area (Å²) in [7, 11) is 2.16. The van der Waals surface area contributed by atoms with Gasteiger partial charge in [0.2, 0.25) is 0 Å². The molecule has 0 aromatic carbocycles. The van der Waals surface area contributed by atoms with Crippen molar-refractivity contribution in [3.8, 4) is 0 Å². The van der Waals surface area contributed by atoms with Crippen molar-refractivity contribution < 1.29 is 0 Å². The first-order valence-electron chi connectivity index (χ1n) is 6.25. The maximum absolute atomic E-state index is 5.42. The summed E-state index contributed by atoms with van der Waals surface area (Å²) in [6.45, 7) is 3.63. The number of anilines is 1. The Labute approximate surface area is 102 Å². The van der Waals surface area contributed by atoms with E-state index in [9.17, 15) is 0 Å². The molecule has 5 nitrogen and oxygen atoms in total. The lowest BCUT2D eigenvalue weighted by Gasteiger charge is -2.28. The van der Waals surface area contributed by atoms with Gasteiger partial charge >= 0.3 is 0 Å². The zero-order chi connectivity index (χ0) is 12.1. The molecule has 0 amide bonds. The molecule has 5 heteroatoms. The SMILES string of the molecule is CN1CCCC(c2ccc(NCCN)nn2)C1. The number of nitrogens with two attached hydrogens (primary N) is 1. The summed E-state index contributed by atoms with van der Waals surface area (Å²) in [6.07, 6.45) is 2.46. The van der Waals surface area contributed by atoms with Crippen LogP contribution in [0.15, 0.2) is 12.1 Å². The van der Waals surface area contributed by atoms with Crippen LogP contribution >= 0.6 is 0 Å². The first-order chi connectivity index (χ1) is 8.29. The van der Waals surface area contributed by atoms with E-state index in [1.54, 1.807) is 0 Å². The molecule has 0 spiro atoms. The summed E-state index contributed by atoms with van der Waals surface area (Å²) >= 11 is 0. The Bertz CT molecular complexity index is 337. The molecule has 1 aromatic heterocycles. The van der Waals surface area contributed by atoms with Crippen molar-refractivity contribution in [2.75, 3.05) is 38.5 Å². The average Bonchev–Trinajstić information content (AvgIpc) is 2.37. The minimum Gasteiger partial charge on any atom is -0.367 e. The van der Waals surface area contributed by atoms with Crippen molar-refractivity contribution in [3.05, 3.63) is 17.8 Å². The van der Waals surface area contributed by atoms with Gasteiger partial charge in [0.15, 0.2) is 0 Å². The molecule has 0 saturated carbocycles. The highest BCUT2D eigenvalue weighted by molar-refractivity contribution is 5.33. The number of hydrogen-bond donors (Lipinski definition) is 2. The number of rotatable bonds is 4. The van der Waals surface area contributed by atoms with Crippen LogP contribution in [-0.2, 0) is 0 Å². The standard InChI is InChI=1S/C12H21N5/c1-17-8-2-3-10(9-17)11-4-5-12(16-15-11)14-7-6-13/h4-5,10H,2-3,6-9,13H2,1H3,(H,14,16). The Morgan fingerprint density at radius 2 is 2.35 bits per heavy atom. The summed E-state index contributed by atoms with van der Waals surface area (Å²) in [4.78, 5) is 2.36. The van der Waals surface area contributed by atoms with Crippen LogP contribution < -0.4 is 11.1 Å². The molecule has 1 atom stereocenters. The fourth-order valence-corrected chi connectivity index (χ4v) is 2.26. The molecular formula is C12H21N5. The van der Waals surface area contributed by atoms with Crippen LogP contribution in [0.1, 0.15) is 24.5 Å². The normalized spacial score (nSPS) is 21.4. The summed E-state index contributed by atoms with van der Waals surface area (Å²) < 4.78 is 0. The minimum atomic E-state index is 0.532. The molecule has 1 aliphatic rings. The van der Waals surface area contributed by atoms with Crippen LogP contribution in [0.25, 0.3) is 0 Å². The van der Waals surface area contributed by atoms with Gasteiger partial charge in [-0.25, -0.2) is 0 Å². The highest BCUT2D eigenvalue weighted by Crippen LogP contribution is 2.24. The van der Waals surface area contributed by atoms with Gasteiger partial charge in [-0.15, -0.1) is 5.10 Å². The van der Waals surface area contributed by atoms with E-state index in [0.29, 0.717) is 12.5 Å². The van der Waals surface area contributed by atoms with Gasteiger partial charge in [-0.3, -0.25) is 0 Å². The van der Waals surface area contributed by atoms with E-state index in [1.807, 2.05) is 6.07 Å². The lowest BCUT2D eigenvalue weighted by atomic mass is 9.95. The molecule has 3 N–H and O–H groups in total. The third-order valence-corrected chi connectivity index (χ3v) is 3.18. The van der Waals surface area contributed by atoms with Gasteiger partial charge in [0, 0.05) is 25.6 Å². The van der Waals surface area contributed by atoms with Crippen LogP contribution in [0.2, 0.25) is 0 Å². The van der Waals surface area contributed by atoms with Gasteiger partial charge < -0.3 is 16.0 Å². The molecule has 1 aromatic rings. The lowest BCUT2D eigenvalue weighted by molar-refractivity contribution is 0.248. The van der Waals surface area contributed by atoms with E-state index < -0.39 is 0 Å². The molecule has 2 heterocycles. The lowest BCUT2D eigenvalue weighted by Crippen LogP contribution is -2.31. The van der Waals surface area contributed by atoms with Crippen molar-refractivity contribution in [2.45, 2.75) is 18.8 Å². The van der Waals surface area contributed by atoms with E-state index in [-0.39, 0.29) is 0 Å². The number of nitrogens with one attached hydrogen (secondary N) is 1. The van der Waals surface area contributed by atoms with E-state index >= 15 is 0 Å². The van der Waals surface area contributed by atoms with Crippen LogP contribution in [0.5, 0.6) is 0 Å². The summed E-state index contributed by atoms with van der Waals surface area (Å²) in [6, 6.07) is 4.07. The first-order valence-corrected chi connectivity index (χ1v) is 6.25. The molecule has 0 radical (unpaired) electrons. The predicted octanol–water partition coefficient (Wildman–Crippen LogP) is 0.656. The topological polar surface area (TPSA) is 67.1 Å². The molecule has 94 valence electrons. The van der Waals surface area contributed by atoms with E-state index in [4.69, 9.17) is 5.73 Å². The fourth-order valence-electron chi connectivity index (χ4n) is 2.26. The second-order valence-electron chi connectivity index (χ2n) is 4.66. The number of piperidine rings is 1. The molecule has 2 rings (SSSR count). The Hall–Kier alpha value is -1.20. The Kier molecular flexibility index (Phi) is 4.28. The van der Waals surface area contributed by atoms with Gasteiger partial charge in [-0.1, -0.05) is 0 Å². The quantitative estimate of drug-likeness (QED) is 0.802. The van der Waals surface area contributed by atoms with Gasteiger partial charge in [-0.05, 0) is 38.6 Å².